The van der Waals surface area contributed by atoms with E-state index >= 15 is 0 Å². The third-order valence-electron chi connectivity index (χ3n) is 2.44. The molecule has 0 spiro atoms. The van der Waals surface area contributed by atoms with Gasteiger partial charge in [0.2, 0.25) is 0 Å². The van der Waals surface area contributed by atoms with E-state index in [1.165, 1.54) is 7.11 Å². The molecule has 2 rings (SSSR count). The summed E-state index contributed by atoms with van der Waals surface area (Å²) in [7, 11) is 1.42. The molecule has 0 radical (unpaired) electrons. The molecule has 80 valence electrons. The number of hydrogen-bond acceptors (Lipinski definition) is 4. The normalized spacial score (nSPS) is 16.0. The molecule has 0 saturated carbocycles. The second kappa shape index (κ2) is 4.18. The van der Waals surface area contributed by atoms with E-state index in [0.29, 0.717) is 13.1 Å². The van der Waals surface area contributed by atoms with Crippen molar-refractivity contribution in [1.82, 2.24) is 4.98 Å². The van der Waals surface area contributed by atoms with E-state index in [9.17, 15) is 4.79 Å². The summed E-state index contributed by atoms with van der Waals surface area (Å²) < 4.78 is 5.47. The molecular weight excluding hydrogens is 260 g/mol. The fraction of sp³-hybridized carbons (Fsp3) is 0.400. The van der Waals surface area contributed by atoms with Crippen LogP contribution < -0.4 is 4.90 Å². The van der Waals surface area contributed by atoms with Gasteiger partial charge in [0.25, 0.3) is 0 Å². The van der Waals surface area contributed by atoms with Crippen LogP contribution in [0.5, 0.6) is 0 Å². The van der Waals surface area contributed by atoms with Gasteiger partial charge in [-0.2, -0.15) is 0 Å². The minimum absolute atomic E-state index is 0.00391. The first-order valence-corrected chi connectivity index (χ1v) is 5.45. The lowest BCUT2D eigenvalue weighted by Crippen LogP contribution is -2.51. The van der Waals surface area contributed by atoms with Crippen molar-refractivity contribution in [3.8, 4) is 0 Å². The molecule has 0 atom stereocenters. The molecule has 5 heteroatoms. The van der Waals surface area contributed by atoms with Gasteiger partial charge in [0.05, 0.1) is 13.0 Å². The summed E-state index contributed by atoms with van der Waals surface area (Å²) in [4.78, 5) is 17.5. The standard InChI is InChI=1S/C10H11BrN2O2/c1-15-10(14)7-5-13(6-7)9-4-2-3-8(11)12-9/h2-4,7H,5-6H2,1H3. The quantitative estimate of drug-likeness (QED) is 0.603. The average Bonchev–Trinajstić information content (AvgIpc) is 2.15. The third-order valence-corrected chi connectivity index (χ3v) is 2.88. The summed E-state index contributed by atoms with van der Waals surface area (Å²) in [5.74, 6) is 0.751. The highest BCUT2D eigenvalue weighted by Crippen LogP contribution is 2.24. The molecule has 0 aliphatic carbocycles. The van der Waals surface area contributed by atoms with Crippen molar-refractivity contribution in [2.24, 2.45) is 5.92 Å². The lowest BCUT2D eigenvalue weighted by atomic mass is 10.0. The van der Waals surface area contributed by atoms with E-state index in [1.807, 2.05) is 23.1 Å². The van der Waals surface area contributed by atoms with Gasteiger partial charge in [0.15, 0.2) is 0 Å². The van der Waals surface area contributed by atoms with Crippen LogP contribution in [0.3, 0.4) is 0 Å². The van der Waals surface area contributed by atoms with Crippen LogP contribution in [-0.4, -0.2) is 31.2 Å². The summed E-state index contributed by atoms with van der Waals surface area (Å²) in [6.45, 7) is 1.38. The molecule has 0 bridgehead atoms. The largest absolute Gasteiger partial charge is 0.469 e. The van der Waals surface area contributed by atoms with Gasteiger partial charge in [-0.15, -0.1) is 0 Å². The Labute approximate surface area is 96.4 Å². The van der Waals surface area contributed by atoms with Gasteiger partial charge >= 0.3 is 5.97 Å². The lowest BCUT2D eigenvalue weighted by Gasteiger charge is -2.38. The first-order valence-electron chi connectivity index (χ1n) is 4.66. The maximum atomic E-state index is 11.2. The number of nitrogens with zero attached hydrogens (tertiary/aromatic N) is 2. The van der Waals surface area contributed by atoms with Gasteiger partial charge in [-0.1, -0.05) is 6.07 Å². The van der Waals surface area contributed by atoms with Gasteiger partial charge in [0, 0.05) is 13.1 Å². The van der Waals surface area contributed by atoms with Gasteiger partial charge in [-0.3, -0.25) is 4.79 Å². The summed E-state index contributed by atoms with van der Waals surface area (Å²) in [5, 5.41) is 0. The molecule has 0 unspecified atom stereocenters. The Morgan fingerprint density at radius 3 is 2.93 bits per heavy atom. The third kappa shape index (κ3) is 2.12. The maximum absolute atomic E-state index is 11.2. The number of pyridine rings is 1. The van der Waals surface area contributed by atoms with Crippen LogP contribution in [0.4, 0.5) is 5.82 Å². The predicted octanol–water partition coefficient (Wildman–Crippen LogP) is 1.45. The van der Waals surface area contributed by atoms with Gasteiger partial charge < -0.3 is 9.64 Å². The van der Waals surface area contributed by atoms with Crippen molar-refractivity contribution in [3.63, 3.8) is 0 Å². The fourth-order valence-corrected chi connectivity index (χ4v) is 1.89. The summed E-state index contributed by atoms with van der Waals surface area (Å²) in [6.07, 6.45) is 0. The van der Waals surface area contributed by atoms with E-state index in [2.05, 4.69) is 25.7 Å². The summed E-state index contributed by atoms with van der Waals surface area (Å²) in [5.41, 5.74) is 0. The molecule has 1 fully saturated rings. The Morgan fingerprint density at radius 1 is 1.60 bits per heavy atom. The van der Waals surface area contributed by atoms with E-state index in [4.69, 9.17) is 0 Å². The predicted molar refractivity (Wildman–Crippen MR) is 59.7 cm³/mol. The molecule has 15 heavy (non-hydrogen) atoms. The average molecular weight is 271 g/mol. The monoisotopic (exact) mass is 270 g/mol. The molecule has 1 aromatic heterocycles. The molecule has 0 amide bonds. The minimum atomic E-state index is -0.138. The molecular formula is C10H11BrN2O2. The van der Waals surface area contributed by atoms with Crippen LogP contribution in [0.1, 0.15) is 0 Å². The van der Waals surface area contributed by atoms with Crippen molar-refractivity contribution in [2.75, 3.05) is 25.1 Å². The zero-order chi connectivity index (χ0) is 10.8. The highest BCUT2D eigenvalue weighted by Gasteiger charge is 2.34. The molecule has 1 aromatic rings. The number of halogens is 1. The second-order valence-electron chi connectivity index (χ2n) is 3.44. The van der Waals surface area contributed by atoms with Crippen LogP contribution in [0.25, 0.3) is 0 Å². The van der Waals surface area contributed by atoms with Gasteiger partial charge in [0.1, 0.15) is 10.4 Å². The van der Waals surface area contributed by atoms with Crippen LogP contribution in [-0.2, 0) is 9.53 Å². The number of hydrogen-bond donors (Lipinski definition) is 0. The number of carbonyl (C=O) groups is 1. The summed E-state index contributed by atoms with van der Waals surface area (Å²) in [6, 6.07) is 5.73. The number of carbonyl (C=O) groups excluding carboxylic acids is 1. The van der Waals surface area contributed by atoms with E-state index in [1.54, 1.807) is 0 Å². The maximum Gasteiger partial charge on any atom is 0.312 e. The number of anilines is 1. The fourth-order valence-electron chi connectivity index (χ4n) is 1.56. The van der Waals surface area contributed by atoms with Gasteiger partial charge in [-0.05, 0) is 28.1 Å². The highest BCUT2D eigenvalue weighted by molar-refractivity contribution is 9.10. The van der Waals surface area contributed by atoms with E-state index in [0.717, 1.165) is 10.4 Å². The lowest BCUT2D eigenvalue weighted by molar-refractivity contribution is -0.146. The zero-order valence-corrected chi connectivity index (χ0v) is 9.90. The molecule has 1 aliphatic rings. The zero-order valence-electron chi connectivity index (χ0n) is 8.31. The van der Waals surface area contributed by atoms with Crippen molar-refractivity contribution in [2.45, 2.75) is 0 Å². The Bertz CT molecular complexity index is 377. The number of rotatable bonds is 2. The van der Waals surface area contributed by atoms with E-state index in [-0.39, 0.29) is 11.9 Å². The Balaban J connectivity index is 1.97. The van der Waals surface area contributed by atoms with Gasteiger partial charge in [-0.25, -0.2) is 4.98 Å². The Hall–Kier alpha value is -1.10. The molecule has 0 N–H and O–H groups in total. The molecule has 4 nitrogen and oxygen atoms in total. The molecule has 0 aromatic carbocycles. The van der Waals surface area contributed by atoms with E-state index < -0.39 is 0 Å². The van der Waals surface area contributed by atoms with Crippen molar-refractivity contribution < 1.29 is 9.53 Å². The Morgan fingerprint density at radius 2 is 2.33 bits per heavy atom. The first-order chi connectivity index (χ1) is 7.20. The molecule has 1 saturated heterocycles. The second-order valence-corrected chi connectivity index (χ2v) is 4.26. The van der Waals surface area contributed by atoms with Crippen LogP contribution in [0.2, 0.25) is 0 Å². The number of esters is 1. The smallest absolute Gasteiger partial charge is 0.312 e. The molecule has 2 heterocycles. The Kier molecular flexibility index (Phi) is 2.90. The van der Waals surface area contributed by atoms with Crippen molar-refractivity contribution in [3.05, 3.63) is 22.8 Å². The topological polar surface area (TPSA) is 42.4 Å². The SMILES string of the molecule is COC(=O)C1CN(c2cccc(Br)n2)C1. The minimum Gasteiger partial charge on any atom is -0.469 e. The van der Waals surface area contributed by atoms with Crippen LogP contribution >= 0.6 is 15.9 Å². The van der Waals surface area contributed by atoms with Crippen molar-refractivity contribution in [1.29, 1.82) is 0 Å². The van der Waals surface area contributed by atoms with Crippen LogP contribution in [0.15, 0.2) is 22.8 Å². The first kappa shape index (κ1) is 10.4. The highest BCUT2D eigenvalue weighted by atomic mass is 79.9. The summed E-state index contributed by atoms with van der Waals surface area (Å²) >= 11 is 3.31. The number of ether oxygens (including phenoxy) is 1. The number of aromatic nitrogens is 1. The molecule has 1 aliphatic heterocycles. The van der Waals surface area contributed by atoms with Crippen molar-refractivity contribution >= 4 is 27.7 Å². The number of methoxy groups -OCH3 is 1. The van der Waals surface area contributed by atoms with Crippen LogP contribution in [0, 0.1) is 5.92 Å².